The van der Waals surface area contributed by atoms with Crippen LogP contribution in [0.2, 0.25) is 0 Å². The molecule has 0 nitrogen and oxygen atoms in total. The fourth-order valence-corrected chi connectivity index (χ4v) is 0.642. The molecule has 0 aliphatic heterocycles. The van der Waals surface area contributed by atoms with Gasteiger partial charge in [-0.15, -0.1) is 12.8 Å². The van der Waals surface area contributed by atoms with Gasteiger partial charge in [-0.3, -0.25) is 0 Å². The first-order chi connectivity index (χ1) is 3.00. The quantitative estimate of drug-likeness (QED) is 0.330. The molecular formula is C6H9ClZn. The van der Waals surface area contributed by atoms with Crippen molar-refractivity contribution in [2.75, 3.05) is 0 Å². The maximum absolute atomic E-state index is 2.21. The SMILES string of the molecule is C1=CCCC[CH-]1.[Cl-].[Zn+2]. The van der Waals surface area contributed by atoms with Crippen LogP contribution in [-0.2, 0) is 19.5 Å². The molecule has 2 heteroatoms. The van der Waals surface area contributed by atoms with E-state index in [1.165, 1.54) is 19.3 Å². The second-order valence-corrected chi connectivity index (χ2v) is 1.59. The molecule has 0 N–H and O–H groups in total. The molecule has 0 saturated carbocycles. The summed E-state index contributed by atoms with van der Waals surface area (Å²) in [5.41, 5.74) is 0. The fraction of sp³-hybridized carbons (Fsp3) is 0.500. The van der Waals surface area contributed by atoms with Gasteiger partial charge in [0.25, 0.3) is 0 Å². The summed E-state index contributed by atoms with van der Waals surface area (Å²) in [6, 6.07) is 0. The molecule has 0 unspecified atom stereocenters. The molecule has 0 saturated heterocycles. The molecule has 0 aromatic rings. The van der Waals surface area contributed by atoms with E-state index >= 15 is 0 Å². The van der Waals surface area contributed by atoms with Gasteiger partial charge in [-0.05, 0) is 0 Å². The average Bonchev–Trinajstić information content (AvgIpc) is 1.72. The zero-order valence-corrected chi connectivity index (χ0v) is 8.66. The van der Waals surface area contributed by atoms with Crippen molar-refractivity contribution in [1.29, 1.82) is 0 Å². The van der Waals surface area contributed by atoms with Gasteiger partial charge in [-0.25, -0.2) is 18.6 Å². The average molecular weight is 182 g/mol. The summed E-state index contributed by atoms with van der Waals surface area (Å²) in [5, 5.41) is 0. The third-order valence-corrected chi connectivity index (χ3v) is 1.01. The van der Waals surface area contributed by atoms with Crippen molar-refractivity contribution < 1.29 is 31.9 Å². The minimum absolute atomic E-state index is 0. The van der Waals surface area contributed by atoms with Crippen LogP contribution in [0.1, 0.15) is 19.3 Å². The van der Waals surface area contributed by atoms with E-state index in [4.69, 9.17) is 0 Å². The van der Waals surface area contributed by atoms with E-state index in [2.05, 4.69) is 18.6 Å². The number of halogens is 1. The molecule has 0 radical (unpaired) electrons. The van der Waals surface area contributed by atoms with Gasteiger partial charge < -0.3 is 12.4 Å². The van der Waals surface area contributed by atoms with Gasteiger partial charge in [-0.1, -0.05) is 6.42 Å². The maximum atomic E-state index is 2.21. The monoisotopic (exact) mass is 180 g/mol. The second kappa shape index (κ2) is 7.52. The third-order valence-electron chi connectivity index (χ3n) is 1.01. The molecule has 0 aromatic carbocycles. The summed E-state index contributed by atoms with van der Waals surface area (Å²) in [7, 11) is 0. The predicted molar refractivity (Wildman–Crippen MR) is 27.3 cm³/mol. The minimum Gasteiger partial charge on any atom is -1.00 e. The Balaban J connectivity index is 0. The number of hydrogen-bond donors (Lipinski definition) is 0. The Labute approximate surface area is 69.9 Å². The Hall–Kier alpha value is 0.523. The molecule has 0 spiro atoms. The number of rotatable bonds is 0. The Kier molecular flexibility index (Phi) is 10.7. The number of allylic oxidation sites excluding steroid dienone is 2. The van der Waals surface area contributed by atoms with Crippen molar-refractivity contribution in [3.05, 3.63) is 18.6 Å². The summed E-state index contributed by atoms with van der Waals surface area (Å²) in [5.74, 6) is 0. The van der Waals surface area contributed by atoms with E-state index in [1.54, 1.807) is 0 Å². The Bertz CT molecular complexity index is 53.5. The van der Waals surface area contributed by atoms with Crippen LogP contribution in [0.3, 0.4) is 0 Å². The van der Waals surface area contributed by atoms with Gasteiger partial charge in [0.05, 0.1) is 0 Å². The van der Waals surface area contributed by atoms with Crippen molar-refractivity contribution in [3.63, 3.8) is 0 Å². The number of hydrogen-bond acceptors (Lipinski definition) is 0. The molecule has 0 amide bonds. The van der Waals surface area contributed by atoms with Crippen molar-refractivity contribution >= 4 is 0 Å². The summed E-state index contributed by atoms with van der Waals surface area (Å²) in [6.07, 6.45) is 10.5. The maximum Gasteiger partial charge on any atom is 2.00 e. The van der Waals surface area contributed by atoms with Crippen LogP contribution in [0.15, 0.2) is 12.2 Å². The van der Waals surface area contributed by atoms with Crippen LogP contribution in [0.5, 0.6) is 0 Å². The van der Waals surface area contributed by atoms with E-state index in [9.17, 15) is 0 Å². The molecule has 0 fully saturated rings. The van der Waals surface area contributed by atoms with E-state index in [1.807, 2.05) is 0 Å². The Morgan fingerprint density at radius 2 is 2.12 bits per heavy atom. The first-order valence-corrected chi connectivity index (χ1v) is 2.48. The molecule has 1 aliphatic rings. The summed E-state index contributed by atoms with van der Waals surface area (Å²) >= 11 is 0. The third kappa shape index (κ3) is 4.68. The van der Waals surface area contributed by atoms with Gasteiger partial charge >= 0.3 is 19.5 Å². The molecule has 0 atom stereocenters. The van der Waals surface area contributed by atoms with Gasteiger partial charge in [0.15, 0.2) is 0 Å². The fourth-order valence-electron chi connectivity index (χ4n) is 0.642. The van der Waals surface area contributed by atoms with Crippen molar-refractivity contribution in [2.45, 2.75) is 19.3 Å². The van der Waals surface area contributed by atoms with Crippen LogP contribution < -0.4 is 12.4 Å². The Morgan fingerprint density at radius 1 is 1.38 bits per heavy atom. The Morgan fingerprint density at radius 3 is 2.25 bits per heavy atom. The summed E-state index contributed by atoms with van der Waals surface area (Å²) < 4.78 is 0. The first-order valence-electron chi connectivity index (χ1n) is 2.48. The molecule has 8 heavy (non-hydrogen) atoms. The molecule has 0 bridgehead atoms. The van der Waals surface area contributed by atoms with Gasteiger partial charge in [-0.2, -0.15) is 0 Å². The molecular weight excluding hydrogens is 173 g/mol. The van der Waals surface area contributed by atoms with Crippen LogP contribution in [0.25, 0.3) is 0 Å². The summed E-state index contributed by atoms with van der Waals surface area (Å²) in [4.78, 5) is 0. The first kappa shape index (κ1) is 11.3. The molecule has 1 aliphatic carbocycles. The van der Waals surface area contributed by atoms with E-state index in [0.29, 0.717) is 0 Å². The smallest absolute Gasteiger partial charge is 1.00 e. The van der Waals surface area contributed by atoms with Crippen LogP contribution in [0, 0.1) is 6.42 Å². The zero-order chi connectivity index (χ0) is 4.24. The molecule has 0 aromatic heterocycles. The van der Waals surface area contributed by atoms with Crippen molar-refractivity contribution in [1.82, 2.24) is 0 Å². The zero-order valence-electron chi connectivity index (χ0n) is 4.94. The summed E-state index contributed by atoms with van der Waals surface area (Å²) in [6.45, 7) is 0. The van der Waals surface area contributed by atoms with Gasteiger partial charge in [0.2, 0.25) is 0 Å². The van der Waals surface area contributed by atoms with Gasteiger partial charge in [0.1, 0.15) is 0 Å². The van der Waals surface area contributed by atoms with Crippen LogP contribution in [-0.4, -0.2) is 0 Å². The van der Waals surface area contributed by atoms with Crippen molar-refractivity contribution in [3.8, 4) is 0 Å². The van der Waals surface area contributed by atoms with E-state index < -0.39 is 0 Å². The molecule has 42 valence electrons. The normalized spacial score (nSPS) is 15.0. The standard InChI is InChI=1S/C6H9.ClH.Zn/c1-2-4-6-5-3-1;;/h1-3H,4-6H2;1H;/q-1;;+2/p-1. The van der Waals surface area contributed by atoms with E-state index in [-0.39, 0.29) is 31.9 Å². The second-order valence-electron chi connectivity index (χ2n) is 1.59. The van der Waals surface area contributed by atoms with Gasteiger partial charge in [0, 0.05) is 0 Å². The molecule has 0 heterocycles. The van der Waals surface area contributed by atoms with Crippen molar-refractivity contribution in [2.24, 2.45) is 0 Å². The van der Waals surface area contributed by atoms with Crippen LogP contribution in [0.4, 0.5) is 0 Å². The minimum atomic E-state index is 0. The largest absolute Gasteiger partial charge is 2.00 e. The topological polar surface area (TPSA) is 0 Å². The predicted octanol–water partition coefficient (Wildman–Crippen LogP) is -1.07. The van der Waals surface area contributed by atoms with Crippen LogP contribution >= 0.6 is 0 Å². The molecule has 1 rings (SSSR count). The van der Waals surface area contributed by atoms with E-state index in [0.717, 1.165) is 0 Å².